The van der Waals surface area contributed by atoms with Gasteiger partial charge in [-0.3, -0.25) is 9.69 Å². The number of amides is 2. The lowest BCUT2D eigenvalue weighted by atomic mass is 9.86. The Morgan fingerprint density at radius 2 is 1.48 bits per heavy atom. The number of hydrogen-bond donors (Lipinski definition) is 3. The number of fused-ring (bicyclic) bond motifs is 3. The summed E-state index contributed by atoms with van der Waals surface area (Å²) in [5.74, 6) is -1.57. The third kappa shape index (κ3) is 6.49. The number of carboxylic acids is 1. The summed E-state index contributed by atoms with van der Waals surface area (Å²) in [5, 5.41) is 15.7. The zero-order chi connectivity index (χ0) is 29.7. The summed E-state index contributed by atoms with van der Waals surface area (Å²) in [7, 11) is 0. The number of alkyl carbamates (subject to hydrolysis) is 1. The Morgan fingerprint density at radius 3 is 2.05 bits per heavy atom. The summed E-state index contributed by atoms with van der Waals surface area (Å²) in [4.78, 5) is 41.1. The lowest BCUT2D eigenvalue weighted by Gasteiger charge is -2.40. The molecule has 1 atom stereocenters. The number of carboxylic acid groups (broad SMARTS) is 1. The van der Waals surface area contributed by atoms with Crippen LogP contribution in [0.4, 0.5) is 4.79 Å². The highest BCUT2D eigenvalue weighted by molar-refractivity contribution is 5.91. The molecule has 8 nitrogen and oxygen atoms in total. The van der Waals surface area contributed by atoms with Crippen molar-refractivity contribution >= 4 is 18.0 Å². The van der Waals surface area contributed by atoms with Crippen molar-refractivity contribution in [2.24, 2.45) is 5.92 Å². The second-order valence-electron chi connectivity index (χ2n) is 11.8. The van der Waals surface area contributed by atoms with E-state index in [1.807, 2.05) is 80.6 Å². The van der Waals surface area contributed by atoms with E-state index in [0.717, 1.165) is 34.4 Å². The molecular formula is C34H39N3O5. The van der Waals surface area contributed by atoms with Crippen molar-refractivity contribution in [1.82, 2.24) is 15.5 Å². The molecule has 1 aliphatic carbocycles. The fourth-order valence-electron chi connectivity index (χ4n) is 6.14. The minimum absolute atomic E-state index is 0.0862. The highest BCUT2D eigenvalue weighted by Gasteiger charge is 2.44. The molecule has 0 aromatic heterocycles. The van der Waals surface area contributed by atoms with Crippen molar-refractivity contribution in [3.05, 3.63) is 95.6 Å². The smallest absolute Gasteiger partial charge is 0.407 e. The summed E-state index contributed by atoms with van der Waals surface area (Å²) in [6.07, 6.45) is 0.214. The van der Waals surface area contributed by atoms with Gasteiger partial charge in [0.2, 0.25) is 5.91 Å². The monoisotopic (exact) mass is 569 g/mol. The third-order valence-electron chi connectivity index (χ3n) is 8.39. The number of rotatable bonds is 10. The highest BCUT2D eigenvalue weighted by atomic mass is 16.5. The average Bonchev–Trinajstić information content (AvgIpc) is 3.30. The van der Waals surface area contributed by atoms with E-state index in [9.17, 15) is 19.5 Å². The van der Waals surface area contributed by atoms with Crippen LogP contribution in [0.3, 0.4) is 0 Å². The predicted octanol–water partition coefficient (Wildman–Crippen LogP) is 5.18. The van der Waals surface area contributed by atoms with Gasteiger partial charge in [-0.2, -0.15) is 0 Å². The van der Waals surface area contributed by atoms with Gasteiger partial charge in [-0.25, -0.2) is 9.59 Å². The van der Waals surface area contributed by atoms with Gasteiger partial charge in [0.05, 0.1) is 0 Å². The van der Waals surface area contributed by atoms with Crippen molar-refractivity contribution in [3.8, 4) is 11.1 Å². The Morgan fingerprint density at radius 1 is 0.905 bits per heavy atom. The Balaban J connectivity index is 1.21. The van der Waals surface area contributed by atoms with Gasteiger partial charge in [-0.1, -0.05) is 92.7 Å². The molecule has 8 heteroatoms. The first-order valence-corrected chi connectivity index (χ1v) is 14.7. The SMILES string of the molecule is CC(C)C[C@H](NC(=O)OCC1c2ccccc2-c2ccccc21)C(=O)NC1(C(=O)O)CCN(Cc2ccccc2)CC1. The molecule has 1 fully saturated rings. The number of nitrogens with zero attached hydrogens (tertiary/aromatic N) is 1. The molecule has 42 heavy (non-hydrogen) atoms. The van der Waals surface area contributed by atoms with Crippen LogP contribution >= 0.6 is 0 Å². The summed E-state index contributed by atoms with van der Waals surface area (Å²) >= 11 is 0. The quantitative estimate of drug-likeness (QED) is 0.311. The summed E-state index contributed by atoms with van der Waals surface area (Å²) in [5.41, 5.74) is 4.24. The molecule has 220 valence electrons. The fourth-order valence-corrected chi connectivity index (χ4v) is 6.14. The highest BCUT2D eigenvalue weighted by Crippen LogP contribution is 2.44. The first-order valence-electron chi connectivity index (χ1n) is 14.7. The average molecular weight is 570 g/mol. The zero-order valence-electron chi connectivity index (χ0n) is 24.2. The minimum atomic E-state index is -1.39. The standard InChI is InChI=1S/C34H39N3O5/c1-23(2)20-30(31(38)36-34(32(39)40)16-18-37(19-17-34)21-24-10-4-3-5-11-24)35-33(41)42-22-29-27-14-8-6-12-25(27)26-13-7-9-15-28(26)29/h3-15,23,29-30H,16-22H2,1-2H3,(H,35,41)(H,36,38)(H,39,40)/t30-/m0/s1. The Labute approximate surface area is 247 Å². The maximum absolute atomic E-state index is 13.5. The van der Waals surface area contributed by atoms with E-state index in [0.29, 0.717) is 19.5 Å². The van der Waals surface area contributed by atoms with Crippen molar-refractivity contribution in [2.75, 3.05) is 19.7 Å². The molecule has 3 N–H and O–H groups in total. The summed E-state index contributed by atoms with van der Waals surface area (Å²) in [6, 6.07) is 25.3. The molecule has 3 aromatic carbocycles. The van der Waals surface area contributed by atoms with Crippen LogP contribution in [0.15, 0.2) is 78.9 Å². The largest absolute Gasteiger partial charge is 0.480 e. The molecule has 0 saturated carbocycles. The number of ether oxygens (including phenoxy) is 1. The van der Waals surface area contributed by atoms with E-state index < -0.39 is 29.6 Å². The van der Waals surface area contributed by atoms with Crippen molar-refractivity contribution in [1.29, 1.82) is 0 Å². The molecule has 0 radical (unpaired) electrons. The first kappa shape index (κ1) is 29.3. The van der Waals surface area contributed by atoms with E-state index in [2.05, 4.69) is 27.7 Å². The topological polar surface area (TPSA) is 108 Å². The van der Waals surface area contributed by atoms with E-state index in [4.69, 9.17) is 4.74 Å². The van der Waals surface area contributed by atoms with Crippen molar-refractivity contribution in [3.63, 3.8) is 0 Å². The molecule has 1 saturated heterocycles. The number of piperidine rings is 1. The van der Waals surface area contributed by atoms with Crippen molar-refractivity contribution in [2.45, 2.75) is 57.2 Å². The van der Waals surface area contributed by atoms with E-state index in [-0.39, 0.29) is 31.3 Å². The van der Waals surface area contributed by atoms with Gasteiger partial charge in [-0.15, -0.1) is 0 Å². The molecular weight excluding hydrogens is 530 g/mol. The molecule has 1 heterocycles. The van der Waals surface area contributed by atoms with Gasteiger partial charge in [-0.05, 0) is 53.0 Å². The van der Waals surface area contributed by atoms with Gasteiger partial charge in [0.1, 0.15) is 18.2 Å². The maximum atomic E-state index is 13.5. The number of carbonyl (C=O) groups excluding carboxylic acids is 2. The summed E-state index contributed by atoms with van der Waals surface area (Å²) < 4.78 is 5.68. The lowest BCUT2D eigenvalue weighted by Crippen LogP contribution is -2.63. The zero-order valence-corrected chi connectivity index (χ0v) is 24.2. The minimum Gasteiger partial charge on any atom is -0.480 e. The van der Waals surface area contributed by atoms with Crippen LogP contribution in [0.25, 0.3) is 11.1 Å². The molecule has 3 aromatic rings. The van der Waals surface area contributed by atoms with Gasteiger partial charge in [0.25, 0.3) is 0 Å². The first-order chi connectivity index (χ1) is 20.3. The maximum Gasteiger partial charge on any atom is 0.407 e. The van der Waals surface area contributed by atoms with Gasteiger partial charge in [0, 0.05) is 25.6 Å². The predicted molar refractivity (Wildman–Crippen MR) is 161 cm³/mol. The number of likely N-dealkylation sites (tertiary alicyclic amines) is 1. The molecule has 0 unspecified atom stereocenters. The Bertz CT molecular complexity index is 1370. The molecule has 0 bridgehead atoms. The number of carbonyl (C=O) groups is 3. The van der Waals surface area contributed by atoms with Crippen LogP contribution < -0.4 is 10.6 Å². The van der Waals surface area contributed by atoms with Crippen LogP contribution in [-0.2, 0) is 20.9 Å². The van der Waals surface area contributed by atoms with Crippen LogP contribution in [0.5, 0.6) is 0 Å². The second-order valence-corrected chi connectivity index (χ2v) is 11.8. The second kappa shape index (κ2) is 12.8. The number of aliphatic carboxylic acids is 1. The van der Waals surface area contributed by atoms with Crippen LogP contribution in [0.2, 0.25) is 0 Å². The molecule has 5 rings (SSSR count). The normalized spacial score (nSPS) is 16.7. The van der Waals surface area contributed by atoms with Crippen LogP contribution in [-0.4, -0.2) is 59.3 Å². The number of hydrogen-bond acceptors (Lipinski definition) is 5. The molecule has 2 aliphatic rings. The fraction of sp³-hybridized carbons (Fsp3) is 0.382. The van der Waals surface area contributed by atoms with Gasteiger partial charge in [0.15, 0.2) is 0 Å². The van der Waals surface area contributed by atoms with E-state index in [1.165, 1.54) is 0 Å². The van der Waals surface area contributed by atoms with Crippen molar-refractivity contribution < 1.29 is 24.2 Å². The summed E-state index contributed by atoms with van der Waals surface area (Å²) in [6.45, 7) is 5.84. The Kier molecular flexibility index (Phi) is 8.92. The van der Waals surface area contributed by atoms with Gasteiger partial charge >= 0.3 is 12.1 Å². The number of benzene rings is 3. The molecule has 0 spiro atoms. The lowest BCUT2D eigenvalue weighted by molar-refractivity contribution is -0.150. The van der Waals surface area contributed by atoms with Gasteiger partial charge < -0.3 is 20.5 Å². The molecule has 1 aliphatic heterocycles. The van der Waals surface area contributed by atoms with Crippen LogP contribution in [0, 0.1) is 5.92 Å². The van der Waals surface area contributed by atoms with E-state index in [1.54, 1.807) is 0 Å². The Hall–Kier alpha value is -4.17. The van der Waals surface area contributed by atoms with Crippen LogP contribution in [0.1, 0.15) is 55.7 Å². The third-order valence-corrected chi connectivity index (χ3v) is 8.39. The number of nitrogens with one attached hydrogen (secondary N) is 2. The molecule has 2 amide bonds. The van der Waals surface area contributed by atoms with E-state index >= 15 is 0 Å².